The highest BCUT2D eigenvalue weighted by atomic mass is 32.2. The van der Waals surface area contributed by atoms with Crippen LogP contribution in [0.3, 0.4) is 0 Å². The summed E-state index contributed by atoms with van der Waals surface area (Å²) in [6.07, 6.45) is 2.86. The Balaban J connectivity index is 1.75. The molecule has 0 aliphatic carbocycles. The molecule has 6 nitrogen and oxygen atoms in total. The van der Waals surface area contributed by atoms with Gasteiger partial charge < -0.3 is 9.80 Å². The number of nitrogens with zero attached hydrogens (tertiary/aromatic N) is 2. The first-order valence-electron chi connectivity index (χ1n) is 8.46. The summed E-state index contributed by atoms with van der Waals surface area (Å²) in [5.74, 6) is 0.842. The van der Waals surface area contributed by atoms with Crippen molar-refractivity contribution < 1.29 is 13.2 Å². The number of rotatable bonds is 3. The van der Waals surface area contributed by atoms with E-state index in [0.717, 1.165) is 43.6 Å². The molecule has 1 aromatic rings. The fourth-order valence-electron chi connectivity index (χ4n) is 3.59. The first-order chi connectivity index (χ1) is 11.3. The Morgan fingerprint density at radius 2 is 1.92 bits per heavy atom. The number of benzene rings is 1. The lowest BCUT2D eigenvalue weighted by atomic mass is 9.99. The average molecular weight is 351 g/mol. The van der Waals surface area contributed by atoms with Crippen molar-refractivity contribution in [2.24, 2.45) is 11.1 Å². The van der Waals surface area contributed by atoms with Gasteiger partial charge in [-0.15, -0.1) is 0 Å². The number of nitrogens with two attached hydrogens (primary N) is 1. The van der Waals surface area contributed by atoms with Crippen LogP contribution in [0.4, 0.5) is 5.69 Å². The first-order valence-corrected chi connectivity index (χ1v) is 10.0. The highest BCUT2D eigenvalue weighted by Crippen LogP contribution is 2.33. The molecular weight excluding hydrogens is 326 g/mol. The summed E-state index contributed by atoms with van der Waals surface area (Å²) in [4.78, 5) is 16.8. The molecule has 0 bridgehead atoms. The summed E-state index contributed by atoms with van der Waals surface area (Å²) >= 11 is 0. The van der Waals surface area contributed by atoms with Gasteiger partial charge in [0, 0.05) is 24.8 Å². The number of fused-ring (bicyclic) bond motifs is 1. The van der Waals surface area contributed by atoms with Crippen LogP contribution in [0.1, 0.15) is 32.3 Å². The second-order valence-corrected chi connectivity index (χ2v) is 8.64. The minimum atomic E-state index is -3.70. The molecule has 1 atom stereocenters. The minimum Gasteiger partial charge on any atom is -0.359 e. The quantitative estimate of drug-likeness (QED) is 0.891. The van der Waals surface area contributed by atoms with Crippen LogP contribution >= 0.6 is 0 Å². The van der Waals surface area contributed by atoms with Crippen LogP contribution < -0.4 is 10.0 Å². The van der Waals surface area contributed by atoms with E-state index < -0.39 is 10.0 Å². The van der Waals surface area contributed by atoms with E-state index in [-0.39, 0.29) is 16.8 Å². The summed E-state index contributed by atoms with van der Waals surface area (Å²) in [5.41, 5.74) is 1.88. The van der Waals surface area contributed by atoms with E-state index >= 15 is 0 Å². The van der Waals surface area contributed by atoms with Crippen molar-refractivity contribution in [3.8, 4) is 0 Å². The van der Waals surface area contributed by atoms with Crippen molar-refractivity contribution in [3.63, 3.8) is 0 Å². The van der Waals surface area contributed by atoms with Crippen molar-refractivity contribution in [1.82, 2.24) is 4.90 Å². The van der Waals surface area contributed by atoms with Gasteiger partial charge in [0.05, 0.1) is 11.4 Å². The fourth-order valence-corrected chi connectivity index (χ4v) is 4.16. The van der Waals surface area contributed by atoms with E-state index in [4.69, 9.17) is 5.14 Å². The van der Waals surface area contributed by atoms with Gasteiger partial charge in [-0.1, -0.05) is 6.92 Å². The van der Waals surface area contributed by atoms with Crippen LogP contribution in [-0.4, -0.2) is 44.9 Å². The molecule has 2 N–H and O–H groups in total. The Labute approximate surface area is 143 Å². The van der Waals surface area contributed by atoms with Crippen LogP contribution in [-0.2, 0) is 21.2 Å². The molecule has 1 fully saturated rings. The maximum absolute atomic E-state index is 12.6. The van der Waals surface area contributed by atoms with Gasteiger partial charge in [0.1, 0.15) is 0 Å². The molecule has 3 rings (SSSR count). The van der Waals surface area contributed by atoms with Crippen molar-refractivity contribution in [3.05, 3.63) is 23.8 Å². The van der Waals surface area contributed by atoms with E-state index in [2.05, 4.69) is 18.7 Å². The number of hydrogen-bond acceptors (Lipinski definition) is 4. The van der Waals surface area contributed by atoms with E-state index in [0.29, 0.717) is 12.5 Å². The highest BCUT2D eigenvalue weighted by Gasteiger charge is 2.30. The third-order valence-corrected chi connectivity index (χ3v) is 6.09. The molecule has 0 spiro atoms. The summed E-state index contributed by atoms with van der Waals surface area (Å²) in [6.45, 7) is 6.29. The standard InChI is InChI=1S/C17H25N3O3S/c1-12-5-7-19(8-6-12)17(21)11-20-13(2)9-14-10-15(24(18,22)23)3-4-16(14)20/h3-4,10,12-13H,5-9,11H2,1-2H3,(H2,18,22,23)/t13-/m1/s1. The molecule has 2 heterocycles. The molecule has 0 aromatic heterocycles. The summed E-state index contributed by atoms with van der Waals surface area (Å²) in [7, 11) is -3.70. The molecule has 132 valence electrons. The normalized spacial score (nSPS) is 21.9. The van der Waals surface area contributed by atoms with Crippen LogP contribution in [0, 0.1) is 5.92 Å². The molecule has 2 aliphatic heterocycles. The largest absolute Gasteiger partial charge is 0.359 e. The molecule has 2 aliphatic rings. The van der Waals surface area contributed by atoms with Crippen LogP contribution in [0.5, 0.6) is 0 Å². The van der Waals surface area contributed by atoms with Crippen molar-refractivity contribution in [2.45, 2.75) is 44.0 Å². The van der Waals surface area contributed by atoms with Crippen molar-refractivity contribution in [2.75, 3.05) is 24.5 Å². The molecule has 0 unspecified atom stereocenters. The number of hydrogen-bond donors (Lipinski definition) is 1. The number of sulfonamides is 1. The second kappa shape index (κ2) is 6.37. The van der Waals surface area contributed by atoms with Gasteiger partial charge in [-0.25, -0.2) is 13.6 Å². The van der Waals surface area contributed by atoms with E-state index in [1.165, 1.54) is 6.07 Å². The Morgan fingerprint density at radius 3 is 2.54 bits per heavy atom. The molecule has 0 saturated carbocycles. The Morgan fingerprint density at radius 1 is 1.25 bits per heavy atom. The molecular formula is C17H25N3O3S. The van der Waals surface area contributed by atoms with E-state index in [1.54, 1.807) is 12.1 Å². The Bertz CT molecular complexity index is 739. The lowest BCUT2D eigenvalue weighted by molar-refractivity contribution is -0.131. The first kappa shape index (κ1) is 17.2. The number of amides is 1. The monoisotopic (exact) mass is 351 g/mol. The van der Waals surface area contributed by atoms with Gasteiger partial charge in [0.15, 0.2) is 0 Å². The molecule has 1 amide bonds. The lowest BCUT2D eigenvalue weighted by Crippen LogP contribution is -2.45. The van der Waals surface area contributed by atoms with Crippen molar-refractivity contribution >= 4 is 21.6 Å². The smallest absolute Gasteiger partial charge is 0.242 e. The molecule has 7 heteroatoms. The maximum atomic E-state index is 12.6. The third-order valence-electron chi connectivity index (χ3n) is 5.18. The van der Waals surface area contributed by atoms with Crippen molar-refractivity contribution in [1.29, 1.82) is 0 Å². The van der Waals surface area contributed by atoms with Crippen LogP contribution in [0.2, 0.25) is 0 Å². The van der Waals surface area contributed by atoms with Crippen LogP contribution in [0.15, 0.2) is 23.1 Å². The number of carbonyl (C=O) groups excluding carboxylic acids is 1. The van der Waals surface area contributed by atoms with Gasteiger partial charge in [0.25, 0.3) is 0 Å². The maximum Gasteiger partial charge on any atom is 0.242 e. The number of primary sulfonamides is 1. The minimum absolute atomic E-state index is 0.131. The second-order valence-electron chi connectivity index (χ2n) is 7.08. The lowest BCUT2D eigenvalue weighted by Gasteiger charge is -2.33. The zero-order valence-corrected chi connectivity index (χ0v) is 15.1. The highest BCUT2D eigenvalue weighted by molar-refractivity contribution is 7.89. The Kier molecular flexibility index (Phi) is 4.57. The van der Waals surface area contributed by atoms with E-state index in [1.807, 2.05) is 4.90 Å². The predicted molar refractivity (Wildman–Crippen MR) is 93.3 cm³/mol. The SMILES string of the molecule is CC1CCN(C(=O)CN2c3ccc(S(N)(=O)=O)cc3C[C@H]2C)CC1. The van der Waals surface area contributed by atoms with Gasteiger partial charge in [0.2, 0.25) is 15.9 Å². The summed E-state index contributed by atoms with van der Waals surface area (Å²) < 4.78 is 23.0. The Hall–Kier alpha value is -1.60. The predicted octanol–water partition coefficient (Wildman–Crippen LogP) is 1.34. The summed E-state index contributed by atoms with van der Waals surface area (Å²) in [5, 5.41) is 5.21. The number of anilines is 1. The van der Waals surface area contributed by atoms with Gasteiger partial charge in [-0.3, -0.25) is 4.79 Å². The number of carbonyl (C=O) groups is 1. The molecule has 1 saturated heterocycles. The molecule has 1 aromatic carbocycles. The zero-order valence-electron chi connectivity index (χ0n) is 14.2. The average Bonchev–Trinajstić information content (AvgIpc) is 2.82. The molecule has 0 radical (unpaired) electrons. The number of likely N-dealkylation sites (tertiary alicyclic amines) is 1. The van der Waals surface area contributed by atoms with Gasteiger partial charge in [-0.2, -0.15) is 0 Å². The fraction of sp³-hybridized carbons (Fsp3) is 0.588. The topological polar surface area (TPSA) is 83.7 Å². The van der Waals surface area contributed by atoms with Crippen LogP contribution in [0.25, 0.3) is 0 Å². The number of piperidine rings is 1. The third kappa shape index (κ3) is 3.42. The summed E-state index contributed by atoms with van der Waals surface area (Å²) in [6, 6.07) is 5.09. The van der Waals surface area contributed by atoms with E-state index in [9.17, 15) is 13.2 Å². The zero-order chi connectivity index (χ0) is 17.5. The van der Waals surface area contributed by atoms with Gasteiger partial charge in [-0.05, 0) is 55.9 Å². The molecule has 24 heavy (non-hydrogen) atoms. The van der Waals surface area contributed by atoms with Gasteiger partial charge >= 0.3 is 0 Å².